The fraction of sp³-hybridized carbons (Fsp3) is 0.206. The number of carbonyl (C=O) groups excluding carboxylic acids is 2. The molecular weight excluding hydrogens is 644 g/mol. The molecule has 0 radical (unpaired) electrons. The summed E-state index contributed by atoms with van der Waals surface area (Å²) in [7, 11) is 2.97. The number of benzene rings is 3. The summed E-state index contributed by atoms with van der Waals surface area (Å²) >= 11 is 0. The Balaban J connectivity index is 1.23. The molecule has 15 heteroatoms. The third kappa shape index (κ3) is 6.90. The fourth-order valence-electron chi connectivity index (χ4n) is 5.35. The Morgan fingerprint density at radius 1 is 0.878 bits per heavy atom. The van der Waals surface area contributed by atoms with Crippen LogP contribution in [-0.2, 0) is 11.3 Å². The number of rotatable bonds is 10. The van der Waals surface area contributed by atoms with Crippen molar-refractivity contribution in [1.82, 2.24) is 19.0 Å². The Hall–Kier alpha value is -6.25. The van der Waals surface area contributed by atoms with Crippen molar-refractivity contribution in [3.05, 3.63) is 106 Å². The summed E-state index contributed by atoms with van der Waals surface area (Å²) in [6.45, 7) is 0.695. The summed E-state index contributed by atoms with van der Waals surface area (Å²) in [4.78, 5) is 57.6. The number of pyridine rings is 1. The van der Waals surface area contributed by atoms with Crippen molar-refractivity contribution in [3.8, 4) is 34.4 Å². The minimum Gasteiger partial charge on any atom is -0.493 e. The van der Waals surface area contributed by atoms with Gasteiger partial charge < -0.3 is 23.8 Å². The number of nitrogens with zero attached hydrogens (tertiary/aromatic N) is 4. The summed E-state index contributed by atoms with van der Waals surface area (Å²) in [5.41, 5.74) is -1.25. The van der Waals surface area contributed by atoms with Crippen molar-refractivity contribution >= 4 is 28.6 Å². The lowest BCUT2D eigenvalue weighted by molar-refractivity contribution is -0.127. The highest BCUT2D eigenvalue weighted by atomic mass is 19.1. The van der Waals surface area contributed by atoms with Crippen molar-refractivity contribution in [2.45, 2.75) is 19.4 Å². The second-order valence-electron chi connectivity index (χ2n) is 10.9. The van der Waals surface area contributed by atoms with E-state index in [4.69, 9.17) is 18.9 Å². The Bertz CT molecular complexity index is 2190. The average molecular weight is 674 g/mol. The predicted molar refractivity (Wildman–Crippen MR) is 173 cm³/mol. The minimum atomic E-state index is -1.16. The number of ether oxygens (including phenoxy) is 4. The number of halogens is 2. The molecule has 3 heterocycles. The SMILES string of the molecule is COc1cc2nccc(Oc3ccc(NC(=O)Oc4cn(CCN5CCCC5=O)c(=O)n(-c5ccc(F)cc5)c4=O)cc3F)c2cc1OC. The first-order chi connectivity index (χ1) is 23.6. The van der Waals surface area contributed by atoms with Crippen molar-refractivity contribution in [1.29, 1.82) is 0 Å². The van der Waals surface area contributed by atoms with E-state index in [0.717, 1.165) is 33.5 Å². The van der Waals surface area contributed by atoms with E-state index in [9.17, 15) is 23.6 Å². The number of methoxy groups -OCH3 is 2. The molecule has 13 nitrogen and oxygen atoms in total. The molecule has 1 saturated heterocycles. The molecule has 6 rings (SSSR count). The third-order valence-electron chi connectivity index (χ3n) is 7.80. The molecule has 0 bridgehead atoms. The Morgan fingerprint density at radius 2 is 1.63 bits per heavy atom. The van der Waals surface area contributed by atoms with Gasteiger partial charge in [-0.05, 0) is 55.0 Å². The van der Waals surface area contributed by atoms with Gasteiger partial charge in [0.2, 0.25) is 11.7 Å². The van der Waals surface area contributed by atoms with Crippen LogP contribution in [0.2, 0.25) is 0 Å². The molecule has 2 aromatic heterocycles. The normalized spacial score (nSPS) is 12.7. The van der Waals surface area contributed by atoms with Gasteiger partial charge in [0.15, 0.2) is 23.1 Å². The van der Waals surface area contributed by atoms with E-state index < -0.39 is 34.7 Å². The number of amides is 2. The van der Waals surface area contributed by atoms with Gasteiger partial charge in [-0.1, -0.05) is 0 Å². The van der Waals surface area contributed by atoms with Gasteiger partial charge in [-0.2, -0.15) is 0 Å². The van der Waals surface area contributed by atoms with Crippen molar-refractivity contribution in [3.63, 3.8) is 0 Å². The molecule has 252 valence electrons. The maximum atomic E-state index is 15.2. The highest BCUT2D eigenvalue weighted by Crippen LogP contribution is 2.37. The number of likely N-dealkylation sites (tertiary alicyclic amines) is 1. The highest BCUT2D eigenvalue weighted by molar-refractivity contribution is 5.89. The van der Waals surface area contributed by atoms with E-state index in [0.29, 0.717) is 41.8 Å². The van der Waals surface area contributed by atoms with Crippen LogP contribution in [0, 0.1) is 11.6 Å². The maximum Gasteiger partial charge on any atom is 0.417 e. The Kier molecular flexibility index (Phi) is 9.24. The predicted octanol–water partition coefficient (Wildman–Crippen LogP) is 4.87. The van der Waals surface area contributed by atoms with E-state index >= 15 is 4.39 Å². The number of carbonyl (C=O) groups is 2. The largest absolute Gasteiger partial charge is 0.493 e. The first-order valence-electron chi connectivity index (χ1n) is 15.0. The summed E-state index contributed by atoms with van der Waals surface area (Å²) in [5.74, 6) is -1.01. The van der Waals surface area contributed by atoms with E-state index in [-0.39, 0.29) is 41.9 Å². The number of anilines is 1. The molecule has 49 heavy (non-hydrogen) atoms. The monoisotopic (exact) mass is 673 g/mol. The van der Waals surface area contributed by atoms with Crippen LogP contribution < -0.4 is 35.5 Å². The molecule has 2 amide bonds. The minimum absolute atomic E-state index is 0.0101. The zero-order valence-corrected chi connectivity index (χ0v) is 26.3. The van der Waals surface area contributed by atoms with Crippen LogP contribution in [0.4, 0.5) is 19.3 Å². The molecular formula is C34H29F2N5O8. The Morgan fingerprint density at radius 3 is 2.33 bits per heavy atom. The van der Waals surface area contributed by atoms with Gasteiger partial charge in [0.05, 0.1) is 31.6 Å². The molecule has 1 fully saturated rings. The number of hydrogen-bond acceptors (Lipinski definition) is 9. The molecule has 1 N–H and O–H groups in total. The standard InChI is InChI=1S/C34H29F2N5O8/c1-46-28-17-23-25(18-29(28)47-2)37-12-11-26(23)48-27-10-7-21(16-24(27)36)38-33(44)49-30-19-40(15-14-39-13-3-4-31(39)42)34(45)41(32(30)43)22-8-5-20(35)6-9-22/h5-12,16-19H,3-4,13-15H2,1-2H3,(H,38,44). The quantitative estimate of drug-likeness (QED) is 0.220. The molecule has 0 aliphatic carbocycles. The van der Waals surface area contributed by atoms with Crippen LogP contribution in [0.1, 0.15) is 12.8 Å². The molecule has 1 aliphatic rings. The van der Waals surface area contributed by atoms with Gasteiger partial charge in [0, 0.05) is 55.5 Å². The van der Waals surface area contributed by atoms with Gasteiger partial charge in [0.25, 0.3) is 0 Å². The van der Waals surface area contributed by atoms with Gasteiger partial charge in [-0.15, -0.1) is 0 Å². The van der Waals surface area contributed by atoms with E-state index in [1.165, 1.54) is 44.7 Å². The van der Waals surface area contributed by atoms with Gasteiger partial charge in [-0.3, -0.25) is 24.5 Å². The number of hydrogen-bond donors (Lipinski definition) is 1. The molecule has 5 aromatic rings. The molecule has 1 aliphatic heterocycles. The summed E-state index contributed by atoms with van der Waals surface area (Å²) in [6, 6.07) is 13.1. The summed E-state index contributed by atoms with van der Waals surface area (Å²) < 4.78 is 52.5. The van der Waals surface area contributed by atoms with E-state index in [2.05, 4.69) is 10.3 Å². The van der Waals surface area contributed by atoms with Crippen molar-refractivity contribution in [2.75, 3.05) is 32.6 Å². The Labute approximate surface area is 276 Å². The lowest BCUT2D eigenvalue weighted by atomic mass is 10.2. The van der Waals surface area contributed by atoms with Crippen LogP contribution in [-0.4, -0.2) is 58.3 Å². The summed E-state index contributed by atoms with van der Waals surface area (Å²) in [5, 5.41) is 2.89. The molecule has 0 unspecified atom stereocenters. The topological polar surface area (TPSA) is 143 Å². The maximum absolute atomic E-state index is 15.2. The van der Waals surface area contributed by atoms with Gasteiger partial charge >= 0.3 is 17.3 Å². The van der Waals surface area contributed by atoms with Crippen LogP contribution in [0.15, 0.2) is 82.6 Å². The summed E-state index contributed by atoms with van der Waals surface area (Å²) in [6.07, 6.45) is 2.49. The lowest BCUT2D eigenvalue weighted by Crippen LogP contribution is -2.41. The van der Waals surface area contributed by atoms with Crippen LogP contribution in [0.5, 0.6) is 28.7 Å². The van der Waals surface area contributed by atoms with Gasteiger partial charge in [0.1, 0.15) is 11.6 Å². The van der Waals surface area contributed by atoms with Gasteiger partial charge in [-0.25, -0.2) is 22.9 Å². The second kappa shape index (κ2) is 13.9. The van der Waals surface area contributed by atoms with Crippen LogP contribution in [0.25, 0.3) is 16.6 Å². The lowest BCUT2D eigenvalue weighted by Gasteiger charge is -2.18. The fourth-order valence-corrected chi connectivity index (χ4v) is 5.35. The van der Waals surface area contributed by atoms with Crippen molar-refractivity contribution < 1.29 is 37.3 Å². The number of nitrogens with one attached hydrogen (secondary N) is 1. The zero-order valence-electron chi connectivity index (χ0n) is 26.3. The third-order valence-corrected chi connectivity index (χ3v) is 7.80. The molecule has 0 spiro atoms. The zero-order chi connectivity index (χ0) is 34.7. The average Bonchev–Trinajstić information content (AvgIpc) is 3.51. The van der Waals surface area contributed by atoms with Crippen molar-refractivity contribution in [2.24, 2.45) is 0 Å². The molecule has 0 atom stereocenters. The number of aromatic nitrogens is 3. The second-order valence-corrected chi connectivity index (χ2v) is 10.9. The molecule has 0 saturated carbocycles. The number of fused-ring (bicyclic) bond motifs is 1. The smallest absolute Gasteiger partial charge is 0.417 e. The van der Waals surface area contributed by atoms with Crippen LogP contribution in [0.3, 0.4) is 0 Å². The first kappa shape index (κ1) is 32.7. The molecule has 3 aromatic carbocycles. The van der Waals surface area contributed by atoms with Crippen LogP contribution >= 0.6 is 0 Å². The van der Waals surface area contributed by atoms with E-state index in [1.54, 1.807) is 23.1 Å². The first-order valence-corrected chi connectivity index (χ1v) is 15.0. The highest BCUT2D eigenvalue weighted by Gasteiger charge is 2.22. The van der Waals surface area contributed by atoms with E-state index in [1.807, 2.05) is 0 Å².